The number of aryl methyl sites for hydroxylation is 1. The molecule has 3 heteroatoms. The Bertz CT molecular complexity index is 423. The summed E-state index contributed by atoms with van der Waals surface area (Å²) in [7, 11) is 0. The average Bonchev–Trinajstić information content (AvgIpc) is 2.41. The zero-order valence-corrected chi connectivity index (χ0v) is 13.0. The minimum absolute atomic E-state index is 0.105. The quantitative estimate of drug-likeness (QED) is 0.868. The minimum atomic E-state index is -0.105. The average molecular weight is 276 g/mol. The third-order valence-electron chi connectivity index (χ3n) is 4.02. The fourth-order valence-electron chi connectivity index (χ4n) is 2.69. The predicted octanol–water partition coefficient (Wildman–Crippen LogP) is 2.70. The molecule has 0 aromatic heterocycles. The van der Waals surface area contributed by atoms with E-state index in [0.29, 0.717) is 5.92 Å². The molecule has 0 radical (unpaired) electrons. The Kier molecular flexibility index (Phi) is 5.44. The van der Waals surface area contributed by atoms with Gasteiger partial charge in [-0.3, -0.25) is 0 Å². The molecule has 1 heterocycles. The van der Waals surface area contributed by atoms with E-state index in [2.05, 4.69) is 49.2 Å². The van der Waals surface area contributed by atoms with Crippen LogP contribution in [0.3, 0.4) is 0 Å². The topological polar surface area (TPSA) is 35.5 Å². The maximum atomic E-state index is 9.58. The van der Waals surface area contributed by atoms with Crippen LogP contribution >= 0.6 is 0 Å². The normalized spacial score (nSPS) is 16.9. The Morgan fingerprint density at radius 2 is 2.00 bits per heavy atom. The molecule has 3 nitrogen and oxygen atoms in total. The van der Waals surface area contributed by atoms with Crippen molar-refractivity contribution in [1.29, 1.82) is 0 Å². The SMILES string of the molecule is Cc1cc(N2CCC(O)CC2)ccc1CNCC(C)C. The number of rotatable bonds is 5. The monoisotopic (exact) mass is 276 g/mol. The van der Waals surface area contributed by atoms with Gasteiger partial charge in [0.05, 0.1) is 6.10 Å². The van der Waals surface area contributed by atoms with Gasteiger partial charge in [0.15, 0.2) is 0 Å². The third-order valence-corrected chi connectivity index (χ3v) is 4.02. The molecule has 0 amide bonds. The van der Waals surface area contributed by atoms with Gasteiger partial charge in [-0.25, -0.2) is 0 Å². The molecule has 2 rings (SSSR count). The molecule has 1 aliphatic rings. The first-order valence-electron chi connectivity index (χ1n) is 7.79. The molecular formula is C17H28N2O. The lowest BCUT2D eigenvalue weighted by molar-refractivity contribution is 0.145. The predicted molar refractivity (Wildman–Crippen MR) is 85.2 cm³/mol. The minimum Gasteiger partial charge on any atom is -0.393 e. The molecule has 1 aromatic rings. The van der Waals surface area contributed by atoms with Crippen LogP contribution in [-0.2, 0) is 6.54 Å². The summed E-state index contributed by atoms with van der Waals surface area (Å²) in [6.45, 7) is 10.6. The summed E-state index contributed by atoms with van der Waals surface area (Å²) in [5, 5.41) is 13.1. The van der Waals surface area contributed by atoms with Gasteiger partial charge >= 0.3 is 0 Å². The van der Waals surface area contributed by atoms with Crippen molar-refractivity contribution >= 4 is 5.69 Å². The highest BCUT2D eigenvalue weighted by Gasteiger charge is 2.17. The lowest BCUT2D eigenvalue weighted by Gasteiger charge is -2.32. The molecule has 0 saturated carbocycles. The second kappa shape index (κ2) is 7.09. The van der Waals surface area contributed by atoms with Crippen molar-refractivity contribution in [2.45, 2.75) is 46.3 Å². The van der Waals surface area contributed by atoms with Gasteiger partial charge in [0.1, 0.15) is 0 Å². The second-order valence-electron chi connectivity index (χ2n) is 6.35. The summed E-state index contributed by atoms with van der Waals surface area (Å²) in [6, 6.07) is 6.74. The van der Waals surface area contributed by atoms with E-state index in [4.69, 9.17) is 0 Å². The number of benzene rings is 1. The highest BCUT2D eigenvalue weighted by molar-refractivity contribution is 5.51. The third kappa shape index (κ3) is 4.22. The Labute approximate surface area is 123 Å². The van der Waals surface area contributed by atoms with Crippen LogP contribution in [0.25, 0.3) is 0 Å². The van der Waals surface area contributed by atoms with Gasteiger partial charge in [0.25, 0.3) is 0 Å². The number of nitrogens with one attached hydrogen (secondary N) is 1. The van der Waals surface area contributed by atoms with E-state index in [0.717, 1.165) is 39.0 Å². The number of aliphatic hydroxyl groups is 1. The van der Waals surface area contributed by atoms with Crippen molar-refractivity contribution in [3.63, 3.8) is 0 Å². The van der Waals surface area contributed by atoms with Crippen LogP contribution in [0.1, 0.15) is 37.8 Å². The van der Waals surface area contributed by atoms with Gasteiger partial charge in [0.2, 0.25) is 0 Å². The van der Waals surface area contributed by atoms with E-state index < -0.39 is 0 Å². The fraction of sp³-hybridized carbons (Fsp3) is 0.647. The van der Waals surface area contributed by atoms with E-state index in [1.165, 1.54) is 16.8 Å². The van der Waals surface area contributed by atoms with E-state index >= 15 is 0 Å². The fourth-order valence-corrected chi connectivity index (χ4v) is 2.69. The molecule has 2 N–H and O–H groups in total. The summed E-state index contributed by atoms with van der Waals surface area (Å²) >= 11 is 0. The van der Waals surface area contributed by atoms with Crippen molar-refractivity contribution in [2.24, 2.45) is 5.92 Å². The largest absolute Gasteiger partial charge is 0.393 e. The summed E-state index contributed by atoms with van der Waals surface area (Å²) in [5.41, 5.74) is 4.03. The first-order chi connectivity index (χ1) is 9.56. The Balaban J connectivity index is 1.95. The molecule has 1 fully saturated rings. The van der Waals surface area contributed by atoms with E-state index in [1.54, 1.807) is 0 Å². The molecule has 0 bridgehead atoms. The van der Waals surface area contributed by atoms with Crippen molar-refractivity contribution in [3.8, 4) is 0 Å². The van der Waals surface area contributed by atoms with Crippen LogP contribution in [0.2, 0.25) is 0 Å². The van der Waals surface area contributed by atoms with Gasteiger partial charge in [0, 0.05) is 25.3 Å². The summed E-state index contributed by atoms with van der Waals surface area (Å²) < 4.78 is 0. The van der Waals surface area contributed by atoms with Crippen LogP contribution in [0, 0.1) is 12.8 Å². The lowest BCUT2D eigenvalue weighted by atomic mass is 10.0. The number of piperidine rings is 1. The number of hydrogen-bond donors (Lipinski definition) is 2. The maximum absolute atomic E-state index is 9.58. The van der Waals surface area contributed by atoms with Gasteiger partial charge in [-0.05, 0) is 55.5 Å². The molecular weight excluding hydrogens is 248 g/mol. The van der Waals surface area contributed by atoms with E-state index in [1.807, 2.05) is 0 Å². The van der Waals surface area contributed by atoms with Gasteiger partial charge in [-0.15, -0.1) is 0 Å². The van der Waals surface area contributed by atoms with Gasteiger partial charge in [-0.1, -0.05) is 19.9 Å². The number of hydrogen-bond acceptors (Lipinski definition) is 3. The second-order valence-corrected chi connectivity index (χ2v) is 6.35. The van der Waals surface area contributed by atoms with E-state index in [-0.39, 0.29) is 6.10 Å². The Morgan fingerprint density at radius 1 is 1.30 bits per heavy atom. The van der Waals surface area contributed by atoms with Crippen LogP contribution in [0.4, 0.5) is 5.69 Å². The van der Waals surface area contributed by atoms with Crippen molar-refractivity contribution in [3.05, 3.63) is 29.3 Å². The number of aliphatic hydroxyl groups excluding tert-OH is 1. The van der Waals surface area contributed by atoms with Crippen LogP contribution < -0.4 is 10.2 Å². The lowest BCUT2D eigenvalue weighted by Crippen LogP contribution is -2.35. The Morgan fingerprint density at radius 3 is 2.60 bits per heavy atom. The highest BCUT2D eigenvalue weighted by Crippen LogP contribution is 2.23. The first kappa shape index (κ1) is 15.3. The standard InChI is InChI=1S/C17H28N2O/c1-13(2)11-18-12-15-4-5-16(10-14(15)3)19-8-6-17(20)7-9-19/h4-5,10,13,17-18,20H,6-9,11-12H2,1-3H3. The number of nitrogens with zero attached hydrogens (tertiary/aromatic N) is 1. The zero-order chi connectivity index (χ0) is 14.5. The molecule has 0 aliphatic carbocycles. The first-order valence-corrected chi connectivity index (χ1v) is 7.79. The van der Waals surface area contributed by atoms with Crippen molar-refractivity contribution < 1.29 is 5.11 Å². The molecule has 20 heavy (non-hydrogen) atoms. The van der Waals surface area contributed by atoms with Crippen molar-refractivity contribution in [1.82, 2.24) is 5.32 Å². The smallest absolute Gasteiger partial charge is 0.0574 e. The molecule has 0 spiro atoms. The van der Waals surface area contributed by atoms with Crippen LogP contribution in [0.5, 0.6) is 0 Å². The van der Waals surface area contributed by atoms with Crippen molar-refractivity contribution in [2.75, 3.05) is 24.5 Å². The summed E-state index contributed by atoms with van der Waals surface area (Å²) in [4.78, 5) is 2.38. The van der Waals surface area contributed by atoms with Gasteiger partial charge in [-0.2, -0.15) is 0 Å². The molecule has 1 saturated heterocycles. The molecule has 0 unspecified atom stereocenters. The Hall–Kier alpha value is -1.06. The molecule has 0 atom stereocenters. The van der Waals surface area contributed by atoms with Gasteiger partial charge < -0.3 is 15.3 Å². The molecule has 1 aliphatic heterocycles. The van der Waals surface area contributed by atoms with Crippen LogP contribution in [-0.4, -0.2) is 30.8 Å². The summed E-state index contributed by atoms with van der Waals surface area (Å²) in [6.07, 6.45) is 1.67. The number of anilines is 1. The zero-order valence-electron chi connectivity index (χ0n) is 13.0. The van der Waals surface area contributed by atoms with Crippen LogP contribution in [0.15, 0.2) is 18.2 Å². The van der Waals surface area contributed by atoms with E-state index in [9.17, 15) is 5.11 Å². The molecule has 112 valence electrons. The highest BCUT2D eigenvalue weighted by atomic mass is 16.3. The summed E-state index contributed by atoms with van der Waals surface area (Å²) in [5.74, 6) is 0.689. The molecule has 1 aromatic carbocycles. The maximum Gasteiger partial charge on any atom is 0.0574 e.